The van der Waals surface area contributed by atoms with Crippen molar-refractivity contribution < 1.29 is 4.74 Å². The van der Waals surface area contributed by atoms with E-state index < -0.39 is 0 Å². The van der Waals surface area contributed by atoms with Gasteiger partial charge >= 0.3 is 0 Å². The Bertz CT molecular complexity index is 357. The molecular weight excluding hydrogens is 250 g/mol. The Kier molecular flexibility index (Phi) is 9.32. The van der Waals surface area contributed by atoms with E-state index in [1.807, 2.05) is 6.07 Å². The summed E-state index contributed by atoms with van der Waals surface area (Å²) in [6.07, 6.45) is 1.93. The summed E-state index contributed by atoms with van der Waals surface area (Å²) in [5.74, 6) is 0.888. The van der Waals surface area contributed by atoms with Crippen LogP contribution in [0.5, 0.6) is 0 Å². The summed E-state index contributed by atoms with van der Waals surface area (Å²) in [5.41, 5.74) is 1.33. The van der Waals surface area contributed by atoms with Crippen LogP contribution >= 0.6 is 0 Å². The van der Waals surface area contributed by atoms with E-state index in [2.05, 4.69) is 53.7 Å². The zero-order valence-corrected chi connectivity index (χ0v) is 12.7. The first-order chi connectivity index (χ1) is 9.86. The summed E-state index contributed by atoms with van der Waals surface area (Å²) < 4.78 is 5.63. The minimum atomic E-state index is 0.766. The summed E-state index contributed by atoms with van der Waals surface area (Å²) in [5, 5.41) is 6.41. The van der Waals surface area contributed by atoms with E-state index in [0.717, 1.165) is 51.6 Å². The van der Waals surface area contributed by atoms with Gasteiger partial charge in [0.25, 0.3) is 0 Å². The molecule has 0 unspecified atom stereocenters. The smallest absolute Gasteiger partial charge is 0.191 e. The first-order valence-electron chi connectivity index (χ1n) is 7.50. The molecule has 0 aliphatic carbocycles. The maximum Gasteiger partial charge on any atom is 0.191 e. The number of ether oxygens (including phenoxy) is 1. The lowest BCUT2D eigenvalue weighted by Crippen LogP contribution is -2.37. The van der Waals surface area contributed by atoms with Gasteiger partial charge < -0.3 is 15.4 Å². The van der Waals surface area contributed by atoms with Crippen molar-refractivity contribution >= 4 is 5.96 Å². The molecule has 4 heteroatoms. The second-order valence-electron chi connectivity index (χ2n) is 4.49. The lowest BCUT2D eigenvalue weighted by molar-refractivity contribution is 0.136. The van der Waals surface area contributed by atoms with E-state index in [-0.39, 0.29) is 0 Å². The van der Waals surface area contributed by atoms with Crippen LogP contribution in [0.4, 0.5) is 0 Å². The number of nitrogens with zero attached hydrogens (tertiary/aromatic N) is 1. The highest BCUT2D eigenvalue weighted by Gasteiger charge is 1.95. The van der Waals surface area contributed by atoms with Gasteiger partial charge in [0.15, 0.2) is 5.96 Å². The van der Waals surface area contributed by atoms with Gasteiger partial charge in [-0.15, -0.1) is 0 Å². The molecule has 0 radical (unpaired) electrons. The molecule has 112 valence electrons. The molecule has 2 N–H and O–H groups in total. The van der Waals surface area contributed by atoms with Crippen molar-refractivity contribution in [3.05, 3.63) is 35.9 Å². The van der Waals surface area contributed by atoms with E-state index in [0.29, 0.717) is 0 Å². The molecule has 0 fully saturated rings. The topological polar surface area (TPSA) is 45.7 Å². The van der Waals surface area contributed by atoms with Crippen molar-refractivity contribution in [2.75, 3.05) is 32.8 Å². The number of aliphatic imine (C=N–C) groups is 1. The van der Waals surface area contributed by atoms with Crippen LogP contribution in [0.25, 0.3) is 0 Å². The van der Waals surface area contributed by atoms with Crippen LogP contribution in [0, 0.1) is 0 Å². The van der Waals surface area contributed by atoms with Crippen LogP contribution in [0.15, 0.2) is 35.3 Å². The Labute approximate surface area is 122 Å². The molecule has 0 bridgehead atoms. The van der Waals surface area contributed by atoms with Gasteiger partial charge in [-0.25, -0.2) is 0 Å². The largest absolute Gasteiger partial charge is 0.381 e. The summed E-state index contributed by atoms with van der Waals surface area (Å²) in [7, 11) is 0. The molecule has 0 aliphatic heterocycles. The van der Waals surface area contributed by atoms with Gasteiger partial charge in [-0.1, -0.05) is 30.3 Å². The summed E-state index contributed by atoms with van der Waals surface area (Å²) in [6.45, 7) is 8.25. The average molecular weight is 277 g/mol. The standard InChI is InChI=1S/C16H27N3O/c1-3-17-16(18-4-2)19-12-8-13-20-14-11-15-9-6-5-7-10-15/h5-7,9-10H,3-4,8,11-14H2,1-2H3,(H2,17,18,19). The zero-order chi connectivity index (χ0) is 14.5. The Balaban J connectivity index is 2.05. The van der Waals surface area contributed by atoms with E-state index in [1.165, 1.54) is 5.56 Å². The molecule has 1 rings (SSSR count). The van der Waals surface area contributed by atoms with Crippen LogP contribution in [-0.4, -0.2) is 38.8 Å². The van der Waals surface area contributed by atoms with E-state index in [9.17, 15) is 0 Å². The minimum absolute atomic E-state index is 0.766. The quantitative estimate of drug-likeness (QED) is 0.413. The van der Waals surface area contributed by atoms with E-state index in [4.69, 9.17) is 4.74 Å². The molecule has 0 saturated carbocycles. The van der Waals surface area contributed by atoms with Gasteiger partial charge in [0.05, 0.1) is 6.61 Å². The van der Waals surface area contributed by atoms with Crippen molar-refractivity contribution in [3.8, 4) is 0 Å². The first kappa shape index (κ1) is 16.5. The van der Waals surface area contributed by atoms with Gasteiger partial charge in [0.2, 0.25) is 0 Å². The number of rotatable bonds is 9. The second-order valence-corrected chi connectivity index (χ2v) is 4.49. The Morgan fingerprint density at radius 3 is 2.40 bits per heavy atom. The fourth-order valence-corrected chi connectivity index (χ4v) is 1.80. The van der Waals surface area contributed by atoms with Crippen LogP contribution in [0.1, 0.15) is 25.8 Å². The average Bonchev–Trinajstić information content (AvgIpc) is 2.47. The third-order valence-corrected chi connectivity index (χ3v) is 2.78. The first-order valence-corrected chi connectivity index (χ1v) is 7.50. The van der Waals surface area contributed by atoms with Gasteiger partial charge in [-0.05, 0) is 32.3 Å². The molecule has 0 amide bonds. The molecule has 1 aromatic rings. The van der Waals surface area contributed by atoms with Gasteiger partial charge in [-0.3, -0.25) is 4.99 Å². The lowest BCUT2D eigenvalue weighted by atomic mass is 10.2. The monoisotopic (exact) mass is 277 g/mol. The van der Waals surface area contributed by atoms with Crippen molar-refractivity contribution in [2.45, 2.75) is 26.7 Å². The van der Waals surface area contributed by atoms with Crippen LogP contribution in [-0.2, 0) is 11.2 Å². The SMILES string of the molecule is CCNC(=NCCCOCCc1ccccc1)NCC. The fraction of sp³-hybridized carbons (Fsp3) is 0.562. The molecule has 0 heterocycles. The molecule has 0 aliphatic rings. The maximum atomic E-state index is 5.63. The summed E-state index contributed by atoms with van der Waals surface area (Å²) >= 11 is 0. The van der Waals surface area contributed by atoms with E-state index >= 15 is 0 Å². The van der Waals surface area contributed by atoms with Crippen LogP contribution in [0.3, 0.4) is 0 Å². The van der Waals surface area contributed by atoms with Crippen LogP contribution < -0.4 is 10.6 Å². The third-order valence-electron chi connectivity index (χ3n) is 2.78. The van der Waals surface area contributed by atoms with Gasteiger partial charge in [-0.2, -0.15) is 0 Å². The minimum Gasteiger partial charge on any atom is -0.381 e. The number of guanidine groups is 1. The predicted molar refractivity (Wildman–Crippen MR) is 85.2 cm³/mol. The number of benzene rings is 1. The summed E-state index contributed by atoms with van der Waals surface area (Å²) in [6, 6.07) is 10.4. The lowest BCUT2D eigenvalue weighted by Gasteiger charge is -2.09. The fourth-order valence-electron chi connectivity index (χ4n) is 1.80. The zero-order valence-electron chi connectivity index (χ0n) is 12.7. The van der Waals surface area contributed by atoms with Gasteiger partial charge in [0.1, 0.15) is 0 Å². The Morgan fingerprint density at radius 1 is 1.05 bits per heavy atom. The molecular formula is C16H27N3O. The Hall–Kier alpha value is -1.55. The van der Waals surface area contributed by atoms with E-state index in [1.54, 1.807) is 0 Å². The highest BCUT2D eigenvalue weighted by Crippen LogP contribution is 1.99. The van der Waals surface area contributed by atoms with Crippen molar-refractivity contribution in [1.29, 1.82) is 0 Å². The van der Waals surface area contributed by atoms with Crippen molar-refractivity contribution in [3.63, 3.8) is 0 Å². The normalized spacial score (nSPS) is 10.1. The second kappa shape index (κ2) is 11.3. The predicted octanol–water partition coefficient (Wildman–Crippen LogP) is 2.21. The summed E-state index contributed by atoms with van der Waals surface area (Å²) in [4.78, 5) is 4.47. The number of nitrogens with one attached hydrogen (secondary N) is 2. The third kappa shape index (κ3) is 7.79. The van der Waals surface area contributed by atoms with Gasteiger partial charge in [0, 0.05) is 26.2 Å². The number of hydrogen-bond acceptors (Lipinski definition) is 2. The molecule has 4 nitrogen and oxygen atoms in total. The molecule has 0 spiro atoms. The van der Waals surface area contributed by atoms with Crippen molar-refractivity contribution in [1.82, 2.24) is 10.6 Å². The molecule has 0 aromatic heterocycles. The Morgan fingerprint density at radius 2 is 1.75 bits per heavy atom. The molecule has 0 saturated heterocycles. The highest BCUT2D eigenvalue weighted by molar-refractivity contribution is 5.79. The highest BCUT2D eigenvalue weighted by atomic mass is 16.5. The van der Waals surface area contributed by atoms with Crippen LogP contribution in [0.2, 0.25) is 0 Å². The molecule has 0 atom stereocenters. The molecule has 1 aromatic carbocycles. The maximum absolute atomic E-state index is 5.63. The van der Waals surface area contributed by atoms with Crippen molar-refractivity contribution in [2.24, 2.45) is 4.99 Å². The number of hydrogen-bond donors (Lipinski definition) is 2. The molecule has 20 heavy (non-hydrogen) atoms.